The molecule has 0 aliphatic carbocycles. The van der Waals surface area contributed by atoms with Crippen molar-refractivity contribution in [1.82, 2.24) is 29.9 Å². The van der Waals surface area contributed by atoms with Crippen molar-refractivity contribution in [2.45, 2.75) is 19.8 Å². The normalized spacial score (nSPS) is 16.9. The van der Waals surface area contributed by atoms with E-state index < -0.39 is 0 Å². The van der Waals surface area contributed by atoms with E-state index in [2.05, 4.69) is 37.3 Å². The SMILES string of the molecule is CC(C)c1cc(-c2nnc(C(=O)NCCN3CCOCC3)n2-c2ccc(N3CCN(C)CC3)cc2)c(O)cc1O. The van der Waals surface area contributed by atoms with Crippen molar-refractivity contribution in [3.05, 3.63) is 47.8 Å². The fourth-order valence-electron chi connectivity index (χ4n) is 5.19. The van der Waals surface area contributed by atoms with Gasteiger partial charge in [0.05, 0.1) is 18.8 Å². The van der Waals surface area contributed by atoms with E-state index in [1.807, 2.05) is 38.1 Å². The van der Waals surface area contributed by atoms with Crippen molar-refractivity contribution in [3.8, 4) is 28.6 Å². The summed E-state index contributed by atoms with van der Waals surface area (Å²) in [5.41, 5.74) is 2.88. The van der Waals surface area contributed by atoms with E-state index in [-0.39, 0.29) is 29.1 Å². The van der Waals surface area contributed by atoms with Crippen LogP contribution in [0, 0.1) is 0 Å². The number of ether oxygens (including phenoxy) is 1. The van der Waals surface area contributed by atoms with Gasteiger partial charge in [-0.2, -0.15) is 0 Å². The Labute approximate surface area is 235 Å². The number of aromatic hydroxyl groups is 2. The van der Waals surface area contributed by atoms with Crippen LogP contribution in [0.5, 0.6) is 11.5 Å². The van der Waals surface area contributed by atoms with Crippen molar-refractivity contribution in [2.75, 3.05) is 77.5 Å². The van der Waals surface area contributed by atoms with Crippen LogP contribution in [0.1, 0.15) is 35.9 Å². The number of morpholine rings is 1. The molecule has 1 aromatic heterocycles. The number of rotatable bonds is 8. The molecular weight excluding hydrogens is 510 g/mol. The summed E-state index contributed by atoms with van der Waals surface area (Å²) in [7, 11) is 2.13. The molecule has 0 saturated carbocycles. The molecule has 0 bridgehead atoms. The number of aromatic nitrogens is 3. The summed E-state index contributed by atoms with van der Waals surface area (Å²) in [5, 5.41) is 32.8. The summed E-state index contributed by atoms with van der Waals surface area (Å²) in [6, 6.07) is 11.0. The third-order valence-electron chi connectivity index (χ3n) is 7.67. The standard InChI is InChI=1S/C29H39N7O4/c1-20(2)23-18-24(26(38)19-25(23)37)27-31-32-28(29(39)30-8-9-34-14-16-40-17-15-34)36(27)22-6-4-21(5-7-22)35-12-10-33(3)11-13-35/h4-7,18-20,37-38H,8-17H2,1-3H3,(H,30,39). The number of hydrogen-bond donors (Lipinski definition) is 3. The van der Waals surface area contributed by atoms with Crippen molar-refractivity contribution in [3.63, 3.8) is 0 Å². The van der Waals surface area contributed by atoms with E-state index in [1.54, 1.807) is 10.6 Å². The van der Waals surface area contributed by atoms with Crippen molar-refractivity contribution in [2.24, 2.45) is 0 Å². The highest BCUT2D eigenvalue weighted by atomic mass is 16.5. The highest BCUT2D eigenvalue weighted by Crippen LogP contribution is 2.38. The van der Waals surface area contributed by atoms with Crippen molar-refractivity contribution in [1.29, 1.82) is 0 Å². The molecule has 2 aliphatic rings. The lowest BCUT2D eigenvalue weighted by Crippen LogP contribution is -2.44. The van der Waals surface area contributed by atoms with Crippen LogP contribution in [-0.2, 0) is 4.74 Å². The maximum Gasteiger partial charge on any atom is 0.289 e. The maximum atomic E-state index is 13.4. The molecule has 2 saturated heterocycles. The van der Waals surface area contributed by atoms with Crippen molar-refractivity contribution < 1.29 is 19.7 Å². The second-order valence-corrected chi connectivity index (χ2v) is 10.8. The van der Waals surface area contributed by atoms with Gasteiger partial charge in [-0.15, -0.1) is 10.2 Å². The molecule has 11 heteroatoms. The van der Waals surface area contributed by atoms with E-state index in [4.69, 9.17) is 4.74 Å². The van der Waals surface area contributed by atoms with Crippen LogP contribution in [0.4, 0.5) is 5.69 Å². The first kappa shape index (κ1) is 27.9. The fourth-order valence-corrected chi connectivity index (χ4v) is 5.19. The van der Waals surface area contributed by atoms with Crippen molar-refractivity contribution >= 4 is 11.6 Å². The molecule has 0 atom stereocenters. The number of phenols is 2. The number of hydrogen-bond acceptors (Lipinski definition) is 9. The maximum absolute atomic E-state index is 13.4. The van der Waals surface area contributed by atoms with Gasteiger partial charge in [0.15, 0.2) is 5.82 Å². The Balaban J connectivity index is 1.47. The topological polar surface area (TPSA) is 119 Å². The second kappa shape index (κ2) is 12.2. The molecule has 5 rings (SSSR count). The zero-order valence-corrected chi connectivity index (χ0v) is 23.5. The van der Waals surface area contributed by atoms with Gasteiger partial charge in [-0.25, -0.2) is 0 Å². The number of nitrogens with one attached hydrogen (secondary N) is 1. The molecule has 2 aliphatic heterocycles. The highest BCUT2D eigenvalue weighted by Gasteiger charge is 2.25. The van der Waals surface area contributed by atoms with Gasteiger partial charge in [-0.3, -0.25) is 14.3 Å². The van der Waals surface area contributed by atoms with Gasteiger partial charge in [0, 0.05) is 69.8 Å². The van der Waals surface area contributed by atoms with Crippen LogP contribution >= 0.6 is 0 Å². The molecule has 3 heterocycles. The van der Waals surface area contributed by atoms with Crippen LogP contribution in [0.25, 0.3) is 17.1 Å². The van der Waals surface area contributed by atoms with E-state index >= 15 is 0 Å². The lowest BCUT2D eigenvalue weighted by molar-refractivity contribution is 0.0383. The van der Waals surface area contributed by atoms with Gasteiger partial charge in [-0.1, -0.05) is 13.8 Å². The number of benzene rings is 2. The molecule has 0 unspecified atom stereocenters. The Morgan fingerprint density at radius 3 is 2.30 bits per heavy atom. The van der Waals surface area contributed by atoms with Crippen LogP contribution in [0.2, 0.25) is 0 Å². The molecule has 11 nitrogen and oxygen atoms in total. The first-order valence-electron chi connectivity index (χ1n) is 14.0. The summed E-state index contributed by atoms with van der Waals surface area (Å²) in [6.45, 7) is 12.1. The van der Waals surface area contributed by atoms with Gasteiger partial charge in [0.25, 0.3) is 5.91 Å². The molecule has 214 valence electrons. The fraction of sp³-hybridized carbons (Fsp3) is 0.483. The Kier molecular flexibility index (Phi) is 8.53. The number of nitrogens with zero attached hydrogens (tertiary/aromatic N) is 6. The van der Waals surface area contributed by atoms with Crippen LogP contribution < -0.4 is 10.2 Å². The number of carbonyl (C=O) groups excluding carboxylic acids is 1. The molecule has 3 N–H and O–H groups in total. The first-order valence-corrected chi connectivity index (χ1v) is 14.0. The minimum Gasteiger partial charge on any atom is -0.508 e. The number of likely N-dealkylation sites (N-methyl/N-ethyl adjacent to an activating group) is 1. The summed E-state index contributed by atoms with van der Waals surface area (Å²) < 4.78 is 7.08. The Morgan fingerprint density at radius 1 is 0.950 bits per heavy atom. The number of anilines is 1. The van der Waals surface area contributed by atoms with Crippen LogP contribution in [0.3, 0.4) is 0 Å². The van der Waals surface area contributed by atoms with Gasteiger partial charge < -0.3 is 30.1 Å². The third-order valence-corrected chi connectivity index (χ3v) is 7.67. The summed E-state index contributed by atoms with van der Waals surface area (Å²) in [4.78, 5) is 20.3. The average Bonchev–Trinajstić information content (AvgIpc) is 3.39. The van der Waals surface area contributed by atoms with E-state index in [1.165, 1.54) is 6.07 Å². The summed E-state index contributed by atoms with van der Waals surface area (Å²) in [6.07, 6.45) is 0. The molecule has 0 radical (unpaired) electrons. The number of phenolic OH excluding ortho intramolecular Hbond substituents is 2. The van der Waals surface area contributed by atoms with Crippen LogP contribution in [-0.4, -0.2) is 113 Å². The van der Waals surface area contributed by atoms with E-state index in [0.717, 1.165) is 45.0 Å². The predicted molar refractivity (Wildman–Crippen MR) is 154 cm³/mol. The molecular formula is C29H39N7O4. The van der Waals surface area contributed by atoms with Gasteiger partial charge in [0.1, 0.15) is 11.5 Å². The zero-order valence-electron chi connectivity index (χ0n) is 23.5. The zero-order chi connectivity index (χ0) is 28.2. The largest absolute Gasteiger partial charge is 0.508 e. The number of carbonyl (C=O) groups is 1. The van der Waals surface area contributed by atoms with Gasteiger partial charge in [-0.05, 0) is 48.9 Å². The van der Waals surface area contributed by atoms with E-state index in [9.17, 15) is 15.0 Å². The summed E-state index contributed by atoms with van der Waals surface area (Å²) in [5.74, 6) is -0.00386. The van der Waals surface area contributed by atoms with E-state index in [0.29, 0.717) is 48.9 Å². The third kappa shape index (κ3) is 6.06. The Bertz CT molecular complexity index is 1310. The molecule has 2 fully saturated rings. The minimum absolute atomic E-state index is 0.0138. The Morgan fingerprint density at radius 2 is 1.62 bits per heavy atom. The monoisotopic (exact) mass is 549 g/mol. The first-order chi connectivity index (χ1) is 19.3. The number of piperazine rings is 1. The molecule has 40 heavy (non-hydrogen) atoms. The lowest BCUT2D eigenvalue weighted by atomic mass is 9.98. The van der Waals surface area contributed by atoms with Gasteiger partial charge in [0.2, 0.25) is 5.82 Å². The molecule has 3 aromatic rings. The lowest BCUT2D eigenvalue weighted by Gasteiger charge is -2.34. The minimum atomic E-state index is -0.350. The number of amides is 1. The average molecular weight is 550 g/mol. The molecule has 0 spiro atoms. The Hall–Kier alpha value is -3.67. The quantitative estimate of drug-likeness (QED) is 0.389. The summed E-state index contributed by atoms with van der Waals surface area (Å²) >= 11 is 0. The predicted octanol–water partition coefficient (Wildman–Crippen LogP) is 2.28. The smallest absolute Gasteiger partial charge is 0.289 e. The van der Waals surface area contributed by atoms with Gasteiger partial charge >= 0.3 is 0 Å². The molecule has 1 amide bonds. The second-order valence-electron chi connectivity index (χ2n) is 10.8. The molecule has 2 aromatic carbocycles. The van der Waals surface area contributed by atoms with Crippen LogP contribution in [0.15, 0.2) is 36.4 Å². The highest BCUT2D eigenvalue weighted by molar-refractivity contribution is 5.92.